The van der Waals surface area contributed by atoms with E-state index in [-0.39, 0.29) is 23.0 Å². The topological polar surface area (TPSA) is 37.4 Å². The summed E-state index contributed by atoms with van der Waals surface area (Å²) in [5, 5.41) is 2.89. The third-order valence-corrected chi connectivity index (χ3v) is 9.85. The van der Waals surface area contributed by atoms with Gasteiger partial charge in [-0.2, -0.15) is 0 Å². The quantitative estimate of drug-likeness (QED) is 0.113. The fraction of sp³-hybridized carbons (Fsp3) is 0.0732. The highest BCUT2D eigenvalue weighted by Crippen LogP contribution is 2.54. The van der Waals surface area contributed by atoms with E-state index < -0.39 is 5.41 Å². The number of carbonyl (C=O) groups is 2. The molecule has 2 aliphatic rings. The summed E-state index contributed by atoms with van der Waals surface area (Å²) in [5.41, 5.74) is 8.25. The zero-order chi connectivity index (χ0) is 31.7. The van der Waals surface area contributed by atoms with Crippen LogP contribution in [0.3, 0.4) is 0 Å². The van der Waals surface area contributed by atoms with Crippen molar-refractivity contribution in [2.75, 3.05) is 4.90 Å². The average molecular weight is 618 g/mol. The summed E-state index contributed by atoms with van der Waals surface area (Å²) < 4.78 is 15.2. The molecule has 0 fully saturated rings. The number of Topliss-reactive ketones (excluding diaryl/α,β-unsaturated/α-hetero) is 2. The SMILES string of the molecule is CC1(C)c2cc(-c3c(F)cccc3P)ccc2N(c2ccccc2)c2ccc3cc(C=C4C(=O)c5ccccc5C4=O)ccc3c21. The molecule has 0 N–H and O–H groups in total. The largest absolute Gasteiger partial charge is 0.310 e. The molecule has 0 saturated carbocycles. The predicted octanol–water partition coefficient (Wildman–Crippen LogP) is 9.72. The molecule has 1 heterocycles. The second kappa shape index (κ2) is 10.4. The van der Waals surface area contributed by atoms with Gasteiger partial charge in [0, 0.05) is 27.8 Å². The zero-order valence-corrected chi connectivity index (χ0v) is 26.5. The number of rotatable bonds is 3. The van der Waals surface area contributed by atoms with Crippen molar-refractivity contribution in [2.24, 2.45) is 0 Å². The third kappa shape index (κ3) is 4.21. The van der Waals surface area contributed by atoms with Crippen LogP contribution in [0, 0.1) is 5.82 Å². The number of allylic oxidation sites excluding steroid dienone is 1. The highest BCUT2D eigenvalue weighted by atomic mass is 31.0. The van der Waals surface area contributed by atoms with Crippen molar-refractivity contribution in [1.82, 2.24) is 0 Å². The molecule has 5 heteroatoms. The molecule has 0 saturated heterocycles. The van der Waals surface area contributed by atoms with Gasteiger partial charge in [0.1, 0.15) is 5.82 Å². The smallest absolute Gasteiger partial charge is 0.197 e. The Hall–Kier alpha value is -5.18. The van der Waals surface area contributed by atoms with Gasteiger partial charge in [-0.05, 0) is 86.9 Å². The number of fused-ring (bicyclic) bond motifs is 5. The van der Waals surface area contributed by atoms with Gasteiger partial charge in [-0.15, -0.1) is 9.24 Å². The summed E-state index contributed by atoms with van der Waals surface area (Å²) in [6.45, 7) is 4.45. The van der Waals surface area contributed by atoms with Gasteiger partial charge >= 0.3 is 0 Å². The number of anilines is 3. The lowest BCUT2D eigenvalue weighted by Crippen LogP contribution is -2.31. The molecule has 1 atom stereocenters. The maximum absolute atomic E-state index is 15.2. The van der Waals surface area contributed by atoms with Crippen molar-refractivity contribution < 1.29 is 14.0 Å². The van der Waals surface area contributed by atoms with Crippen molar-refractivity contribution in [3.8, 4) is 11.1 Å². The van der Waals surface area contributed by atoms with Gasteiger partial charge in [0.05, 0.1) is 16.9 Å². The molecule has 8 rings (SSSR count). The third-order valence-electron chi connectivity index (χ3n) is 9.36. The fourth-order valence-corrected chi connectivity index (χ4v) is 7.61. The maximum atomic E-state index is 15.2. The number of hydrogen-bond donors (Lipinski definition) is 0. The van der Waals surface area contributed by atoms with E-state index in [1.54, 1.807) is 36.4 Å². The summed E-state index contributed by atoms with van der Waals surface area (Å²) in [6.07, 6.45) is 1.71. The molecule has 1 aliphatic carbocycles. The standard InChI is InChI=1S/C41H29FNO2P/c1-41(2)32-23-26(37-33(42)13-8-14-36(37)46)17-19-34(32)43(27-9-4-3-5-10-27)35-20-16-25-21-24(15-18-28(25)38(35)41)22-31-39(44)29-11-6-7-12-30(29)40(31)45/h3-23H,46H2,1-2H3. The first-order chi connectivity index (χ1) is 22.2. The first-order valence-corrected chi connectivity index (χ1v) is 15.8. The Bertz CT molecular complexity index is 2250. The Morgan fingerprint density at radius 1 is 0.717 bits per heavy atom. The van der Waals surface area contributed by atoms with Gasteiger partial charge in [-0.1, -0.05) is 92.7 Å². The molecule has 0 spiro atoms. The van der Waals surface area contributed by atoms with Crippen LogP contribution in [0.5, 0.6) is 0 Å². The summed E-state index contributed by atoms with van der Waals surface area (Å²) >= 11 is 0. The van der Waals surface area contributed by atoms with Crippen LogP contribution in [0.1, 0.15) is 51.3 Å². The summed E-state index contributed by atoms with van der Waals surface area (Å²) in [4.78, 5) is 28.5. The van der Waals surface area contributed by atoms with Crippen LogP contribution >= 0.6 is 9.24 Å². The van der Waals surface area contributed by atoms with Crippen LogP contribution in [0.4, 0.5) is 21.5 Å². The molecule has 222 valence electrons. The second-order valence-corrected chi connectivity index (χ2v) is 13.1. The normalized spacial score (nSPS) is 14.7. The molecule has 0 aromatic heterocycles. The van der Waals surface area contributed by atoms with Crippen molar-refractivity contribution in [1.29, 1.82) is 0 Å². The molecule has 0 amide bonds. The van der Waals surface area contributed by atoms with E-state index in [1.165, 1.54) is 6.07 Å². The van der Waals surface area contributed by atoms with E-state index in [0.717, 1.165) is 55.4 Å². The van der Waals surface area contributed by atoms with Crippen molar-refractivity contribution in [3.05, 3.63) is 161 Å². The molecule has 0 bridgehead atoms. The fourth-order valence-electron chi connectivity index (χ4n) is 7.19. The van der Waals surface area contributed by atoms with E-state index >= 15 is 4.39 Å². The summed E-state index contributed by atoms with van der Waals surface area (Å²) in [7, 11) is 2.67. The van der Waals surface area contributed by atoms with Gasteiger partial charge < -0.3 is 4.90 Å². The number of para-hydroxylation sites is 1. The zero-order valence-electron chi connectivity index (χ0n) is 25.3. The minimum Gasteiger partial charge on any atom is -0.310 e. The lowest BCUT2D eigenvalue weighted by atomic mass is 9.71. The average Bonchev–Trinajstić information content (AvgIpc) is 3.30. The first kappa shape index (κ1) is 28.3. The minimum atomic E-state index is -0.448. The molecular formula is C41H29FNO2P. The Morgan fingerprint density at radius 3 is 2.13 bits per heavy atom. The van der Waals surface area contributed by atoms with Crippen LogP contribution in [0.25, 0.3) is 28.0 Å². The van der Waals surface area contributed by atoms with Gasteiger partial charge in [-0.3, -0.25) is 9.59 Å². The number of hydrogen-bond acceptors (Lipinski definition) is 3. The summed E-state index contributed by atoms with van der Waals surface area (Å²) in [6, 6.07) is 39.0. The number of nitrogens with zero attached hydrogens (tertiary/aromatic N) is 1. The van der Waals surface area contributed by atoms with E-state index in [4.69, 9.17) is 0 Å². The molecule has 6 aromatic carbocycles. The van der Waals surface area contributed by atoms with Crippen LogP contribution in [-0.2, 0) is 5.41 Å². The monoisotopic (exact) mass is 617 g/mol. The van der Waals surface area contributed by atoms with Crippen molar-refractivity contribution in [3.63, 3.8) is 0 Å². The van der Waals surface area contributed by atoms with Gasteiger partial charge in [-0.25, -0.2) is 4.39 Å². The molecule has 3 nitrogen and oxygen atoms in total. The Labute approximate surface area is 269 Å². The summed E-state index contributed by atoms with van der Waals surface area (Å²) in [5.74, 6) is -0.723. The second-order valence-electron chi connectivity index (χ2n) is 12.4. The molecular weight excluding hydrogens is 588 g/mol. The van der Waals surface area contributed by atoms with Crippen LogP contribution in [-0.4, -0.2) is 11.6 Å². The van der Waals surface area contributed by atoms with E-state index in [1.807, 2.05) is 42.5 Å². The Morgan fingerprint density at radius 2 is 1.41 bits per heavy atom. The molecule has 0 radical (unpaired) electrons. The predicted molar refractivity (Wildman–Crippen MR) is 189 cm³/mol. The van der Waals surface area contributed by atoms with Gasteiger partial charge in [0.15, 0.2) is 11.6 Å². The molecule has 1 unspecified atom stereocenters. The van der Waals surface area contributed by atoms with Crippen LogP contribution in [0.2, 0.25) is 0 Å². The van der Waals surface area contributed by atoms with E-state index in [9.17, 15) is 9.59 Å². The highest BCUT2D eigenvalue weighted by molar-refractivity contribution is 7.28. The number of ketones is 2. The van der Waals surface area contributed by atoms with E-state index in [2.05, 4.69) is 70.5 Å². The molecule has 6 aromatic rings. The van der Waals surface area contributed by atoms with Crippen molar-refractivity contribution >= 4 is 60.0 Å². The van der Waals surface area contributed by atoms with Crippen LogP contribution in [0.15, 0.2) is 127 Å². The number of halogens is 1. The number of carbonyl (C=O) groups excluding carboxylic acids is 2. The van der Waals surface area contributed by atoms with Gasteiger partial charge in [0.2, 0.25) is 0 Å². The Kier molecular flexibility index (Phi) is 6.42. The Balaban J connectivity index is 1.32. The molecule has 46 heavy (non-hydrogen) atoms. The van der Waals surface area contributed by atoms with Crippen molar-refractivity contribution in [2.45, 2.75) is 19.3 Å². The lowest BCUT2D eigenvalue weighted by Gasteiger charge is -2.43. The van der Waals surface area contributed by atoms with E-state index in [0.29, 0.717) is 16.7 Å². The minimum absolute atomic E-state index is 0.192. The maximum Gasteiger partial charge on any atom is 0.197 e. The molecule has 1 aliphatic heterocycles. The highest BCUT2D eigenvalue weighted by Gasteiger charge is 2.39. The lowest BCUT2D eigenvalue weighted by molar-refractivity contribution is 0.0990. The van der Waals surface area contributed by atoms with Gasteiger partial charge in [0.25, 0.3) is 0 Å². The first-order valence-electron chi connectivity index (χ1n) is 15.3. The van der Waals surface area contributed by atoms with Crippen LogP contribution < -0.4 is 10.2 Å². The number of benzene rings is 6.